The topological polar surface area (TPSA) is 95.9 Å². The van der Waals surface area contributed by atoms with Crippen molar-refractivity contribution in [3.05, 3.63) is 24.3 Å². The molecule has 6 nitrogen and oxygen atoms in total. The Hall–Kier alpha value is -1.66. The number of rotatable bonds is 76. The molecule has 516 valence electrons. The number of nitrogens with one attached hydrogen (secondary N) is 1. The average Bonchev–Trinajstić information content (AvgIpc) is 3.53. The molecule has 0 radical (unpaired) electrons. The lowest BCUT2D eigenvalue weighted by atomic mass is 10.0. The molecule has 3 N–H and O–H groups in total. The lowest BCUT2D eigenvalue weighted by Gasteiger charge is -2.22. The van der Waals surface area contributed by atoms with Crippen LogP contribution in [0.2, 0.25) is 0 Å². The zero-order valence-corrected chi connectivity index (χ0v) is 59.3. The van der Waals surface area contributed by atoms with Crippen LogP contribution in [0.5, 0.6) is 0 Å². The van der Waals surface area contributed by atoms with Gasteiger partial charge in [-0.1, -0.05) is 391 Å². The van der Waals surface area contributed by atoms with Gasteiger partial charge in [0.1, 0.15) is 0 Å². The number of aliphatic hydroxyl groups excluding tert-OH is 2. The van der Waals surface area contributed by atoms with Crippen LogP contribution in [-0.2, 0) is 14.3 Å². The minimum atomic E-state index is -0.667. The first-order valence-corrected chi connectivity index (χ1v) is 40.1. The van der Waals surface area contributed by atoms with Crippen LogP contribution in [0.25, 0.3) is 0 Å². The summed E-state index contributed by atoms with van der Waals surface area (Å²) in [5.41, 5.74) is 0. The van der Waals surface area contributed by atoms with E-state index >= 15 is 0 Å². The summed E-state index contributed by atoms with van der Waals surface area (Å²) in [6, 6.07) is -0.545. The maximum absolute atomic E-state index is 12.6. The van der Waals surface area contributed by atoms with Gasteiger partial charge in [-0.25, -0.2) is 0 Å². The van der Waals surface area contributed by atoms with E-state index in [1.807, 2.05) is 0 Å². The Morgan fingerprint density at radius 2 is 0.540 bits per heavy atom. The second-order valence-corrected chi connectivity index (χ2v) is 27.7. The highest BCUT2D eigenvalue weighted by Crippen LogP contribution is 2.20. The van der Waals surface area contributed by atoms with Crippen molar-refractivity contribution in [2.45, 2.75) is 469 Å². The van der Waals surface area contributed by atoms with Gasteiger partial charge >= 0.3 is 5.97 Å². The first-order valence-electron chi connectivity index (χ1n) is 40.1. The van der Waals surface area contributed by atoms with E-state index in [4.69, 9.17) is 4.74 Å². The van der Waals surface area contributed by atoms with Crippen LogP contribution in [0, 0.1) is 0 Å². The summed E-state index contributed by atoms with van der Waals surface area (Å²) in [4.78, 5) is 24.7. The SMILES string of the molecule is CCCCCCCC/C=C\CCCCCCCCCCCC(=O)OCCCCCCCCCCCCCC/C=C\CCCCCCCCCCCCC(=O)NC(CO)C(O)CCCCCCCCCCCCCCCCCCCCCCCCCCC. The second-order valence-electron chi connectivity index (χ2n) is 27.7. The molecule has 0 rings (SSSR count). The Bertz CT molecular complexity index is 1360. The maximum Gasteiger partial charge on any atom is 0.305 e. The van der Waals surface area contributed by atoms with Crippen LogP contribution in [0.3, 0.4) is 0 Å². The monoisotopic (exact) mass is 1220 g/mol. The minimum Gasteiger partial charge on any atom is -0.466 e. The van der Waals surface area contributed by atoms with Gasteiger partial charge < -0.3 is 20.3 Å². The number of unbranched alkanes of at least 4 members (excludes halogenated alkanes) is 61. The number of ether oxygens (including phenoxy) is 1. The summed E-state index contributed by atoms with van der Waals surface area (Å²) in [7, 11) is 0. The highest BCUT2D eigenvalue weighted by Gasteiger charge is 2.20. The number of aliphatic hydroxyl groups is 2. The van der Waals surface area contributed by atoms with E-state index in [2.05, 4.69) is 43.5 Å². The average molecular weight is 1230 g/mol. The lowest BCUT2D eigenvalue weighted by molar-refractivity contribution is -0.143. The molecule has 1 amide bonds. The van der Waals surface area contributed by atoms with E-state index in [0.29, 0.717) is 25.9 Å². The van der Waals surface area contributed by atoms with Crippen LogP contribution >= 0.6 is 0 Å². The van der Waals surface area contributed by atoms with Gasteiger partial charge in [0.05, 0.1) is 25.4 Å². The molecule has 6 heteroatoms. The van der Waals surface area contributed by atoms with Crippen LogP contribution in [-0.4, -0.2) is 47.4 Å². The van der Waals surface area contributed by atoms with Gasteiger partial charge in [-0.15, -0.1) is 0 Å². The second kappa shape index (κ2) is 76.8. The van der Waals surface area contributed by atoms with E-state index < -0.39 is 12.1 Å². The minimum absolute atomic E-state index is 0.0153. The molecule has 87 heavy (non-hydrogen) atoms. The van der Waals surface area contributed by atoms with Crippen molar-refractivity contribution in [3.8, 4) is 0 Å². The fraction of sp³-hybridized carbons (Fsp3) is 0.926. The first-order chi connectivity index (χ1) is 43.0. The van der Waals surface area contributed by atoms with Crippen molar-refractivity contribution in [3.63, 3.8) is 0 Å². The Labute approximate surface area is 545 Å². The van der Waals surface area contributed by atoms with E-state index in [-0.39, 0.29) is 18.5 Å². The van der Waals surface area contributed by atoms with Gasteiger partial charge in [0.25, 0.3) is 0 Å². The van der Waals surface area contributed by atoms with E-state index in [1.165, 1.54) is 385 Å². The molecule has 0 spiro atoms. The van der Waals surface area contributed by atoms with Crippen molar-refractivity contribution >= 4 is 11.9 Å². The van der Waals surface area contributed by atoms with Crippen LogP contribution in [0.1, 0.15) is 457 Å². The summed E-state index contributed by atoms with van der Waals surface area (Å²) in [6.07, 6.45) is 98.4. The molecule has 0 aliphatic rings. The molecular weight excluding hydrogens is 1070 g/mol. The van der Waals surface area contributed by atoms with Gasteiger partial charge in [-0.05, 0) is 77.0 Å². The molecule has 0 aromatic rings. The van der Waals surface area contributed by atoms with Gasteiger partial charge in [-0.3, -0.25) is 9.59 Å². The van der Waals surface area contributed by atoms with Crippen molar-refractivity contribution in [1.29, 1.82) is 0 Å². The zero-order chi connectivity index (χ0) is 62.8. The quantitative estimate of drug-likeness (QED) is 0.0320. The Kier molecular flexibility index (Phi) is 75.3. The van der Waals surface area contributed by atoms with Crippen molar-refractivity contribution in [1.82, 2.24) is 5.32 Å². The summed E-state index contributed by atoms with van der Waals surface area (Å²) in [6.45, 7) is 5.00. The molecule has 0 heterocycles. The molecule has 0 aromatic carbocycles. The lowest BCUT2D eigenvalue weighted by Crippen LogP contribution is -2.45. The predicted octanol–water partition coefficient (Wildman–Crippen LogP) is 26.4. The number of hydrogen-bond acceptors (Lipinski definition) is 5. The number of allylic oxidation sites excluding steroid dienone is 4. The van der Waals surface area contributed by atoms with Gasteiger partial charge in [0, 0.05) is 12.8 Å². The number of hydrogen-bond donors (Lipinski definition) is 3. The predicted molar refractivity (Wildman–Crippen MR) is 384 cm³/mol. The highest BCUT2D eigenvalue weighted by molar-refractivity contribution is 5.76. The molecule has 0 bridgehead atoms. The van der Waals surface area contributed by atoms with Crippen LogP contribution in [0.4, 0.5) is 0 Å². The molecule has 2 atom stereocenters. The first kappa shape index (κ1) is 85.3. The highest BCUT2D eigenvalue weighted by atomic mass is 16.5. The maximum atomic E-state index is 12.6. The molecule has 2 unspecified atom stereocenters. The van der Waals surface area contributed by atoms with Gasteiger partial charge in [0.15, 0.2) is 0 Å². The van der Waals surface area contributed by atoms with Crippen LogP contribution in [0.15, 0.2) is 24.3 Å². The summed E-state index contributed by atoms with van der Waals surface area (Å²) >= 11 is 0. The normalized spacial score (nSPS) is 12.6. The molecular formula is C81H157NO5. The third kappa shape index (κ3) is 73.3. The Morgan fingerprint density at radius 1 is 0.310 bits per heavy atom. The summed E-state index contributed by atoms with van der Waals surface area (Å²) in [5.74, 6) is -0.0158. The van der Waals surface area contributed by atoms with Crippen molar-refractivity contribution in [2.75, 3.05) is 13.2 Å². The van der Waals surface area contributed by atoms with Crippen molar-refractivity contribution < 1.29 is 24.5 Å². The largest absolute Gasteiger partial charge is 0.466 e. The summed E-state index contributed by atoms with van der Waals surface area (Å²) in [5, 5.41) is 23.5. The number of esters is 1. The number of amides is 1. The number of carbonyl (C=O) groups is 2. The smallest absolute Gasteiger partial charge is 0.305 e. The van der Waals surface area contributed by atoms with Gasteiger partial charge in [-0.2, -0.15) is 0 Å². The fourth-order valence-corrected chi connectivity index (χ4v) is 12.9. The van der Waals surface area contributed by atoms with Crippen molar-refractivity contribution in [2.24, 2.45) is 0 Å². The van der Waals surface area contributed by atoms with E-state index in [0.717, 1.165) is 38.5 Å². The molecule has 0 aromatic heterocycles. The Balaban J connectivity index is 3.38. The van der Waals surface area contributed by atoms with E-state index in [9.17, 15) is 19.8 Å². The molecule has 0 aliphatic heterocycles. The zero-order valence-electron chi connectivity index (χ0n) is 59.3. The molecule has 0 fully saturated rings. The summed E-state index contributed by atoms with van der Waals surface area (Å²) < 4.78 is 5.51. The molecule has 0 aliphatic carbocycles. The van der Waals surface area contributed by atoms with E-state index in [1.54, 1.807) is 0 Å². The number of carbonyl (C=O) groups excluding carboxylic acids is 2. The van der Waals surface area contributed by atoms with Gasteiger partial charge in [0.2, 0.25) is 5.91 Å². The van der Waals surface area contributed by atoms with Crippen LogP contribution < -0.4 is 5.32 Å². The molecule has 0 saturated heterocycles. The Morgan fingerprint density at radius 3 is 0.816 bits per heavy atom. The molecule has 0 saturated carbocycles. The third-order valence-corrected chi connectivity index (χ3v) is 19.0. The third-order valence-electron chi connectivity index (χ3n) is 19.0. The standard InChI is InChI=1S/C81H157NO5/c1-3-5-7-9-11-13-15-17-19-21-23-24-25-28-31-34-38-41-45-49-53-57-61-65-69-73-79(84)78(77-83)82-80(85)74-70-66-62-58-54-50-46-42-39-35-32-29-26-27-30-33-36-40-44-48-52-56-60-64-68-72-76-87-81(86)75-71-67-63-59-55-51-47-43-37-22-20-18-16-14-12-10-8-6-4-2/h18,20,26,29,78-79,83-84H,3-17,19,21-25,27-28,30-77H2,1-2H3,(H,82,85)/b20-18-,29-26-. The fourth-order valence-electron chi connectivity index (χ4n) is 12.9.